The summed E-state index contributed by atoms with van der Waals surface area (Å²) in [5.74, 6) is 1.67. The highest BCUT2D eigenvalue weighted by molar-refractivity contribution is 7.98. The molecular formula is C11H17N5S2. The zero-order valence-corrected chi connectivity index (χ0v) is 12.4. The molecular weight excluding hydrogens is 266 g/mol. The lowest BCUT2D eigenvalue weighted by Crippen LogP contribution is -2.08. The molecule has 0 aromatic carbocycles. The second kappa shape index (κ2) is 5.81. The van der Waals surface area contributed by atoms with Crippen LogP contribution in [0.1, 0.15) is 28.3 Å². The Hall–Kier alpha value is -0.920. The Bertz CT molecular complexity index is 512. The number of aromatic nitrogens is 4. The first-order chi connectivity index (χ1) is 8.65. The smallest absolute Gasteiger partial charge is 0.191 e. The Morgan fingerprint density at radius 2 is 2.11 bits per heavy atom. The molecule has 0 amide bonds. The van der Waals surface area contributed by atoms with Gasteiger partial charge in [-0.05, 0) is 20.8 Å². The highest BCUT2D eigenvalue weighted by Gasteiger charge is 2.11. The first-order valence-electron chi connectivity index (χ1n) is 5.83. The van der Waals surface area contributed by atoms with Crippen molar-refractivity contribution in [3.05, 3.63) is 21.4 Å². The van der Waals surface area contributed by atoms with Crippen molar-refractivity contribution in [3.8, 4) is 0 Å². The van der Waals surface area contributed by atoms with Gasteiger partial charge in [-0.1, -0.05) is 11.8 Å². The van der Waals surface area contributed by atoms with Crippen molar-refractivity contribution in [2.45, 2.75) is 44.8 Å². The normalized spacial score (nSPS) is 11.1. The Morgan fingerprint density at radius 1 is 1.33 bits per heavy atom. The molecule has 0 bridgehead atoms. The maximum Gasteiger partial charge on any atom is 0.191 e. The van der Waals surface area contributed by atoms with Gasteiger partial charge in [0, 0.05) is 11.4 Å². The van der Waals surface area contributed by atoms with E-state index in [0.717, 1.165) is 34.0 Å². The molecule has 98 valence electrons. The molecule has 0 atom stereocenters. The molecule has 0 aliphatic heterocycles. The quantitative estimate of drug-likeness (QED) is 0.851. The first kappa shape index (κ1) is 13.5. The van der Waals surface area contributed by atoms with E-state index in [4.69, 9.17) is 5.73 Å². The molecule has 2 rings (SSSR count). The lowest BCUT2D eigenvalue weighted by molar-refractivity contribution is 0.643. The van der Waals surface area contributed by atoms with Crippen LogP contribution in [0.3, 0.4) is 0 Å². The lowest BCUT2D eigenvalue weighted by atomic mass is 10.4. The molecule has 0 saturated heterocycles. The van der Waals surface area contributed by atoms with Crippen LogP contribution in [0.4, 0.5) is 0 Å². The van der Waals surface area contributed by atoms with Crippen molar-refractivity contribution < 1.29 is 0 Å². The average Bonchev–Trinajstić information content (AvgIpc) is 2.90. The van der Waals surface area contributed by atoms with Gasteiger partial charge in [0.15, 0.2) is 5.16 Å². The zero-order valence-electron chi connectivity index (χ0n) is 10.8. The molecule has 0 aliphatic carbocycles. The SMILES string of the molecule is CCn1c(CN)nnc1SCc1nc(C)c(C)s1. The third-order valence-electron chi connectivity index (χ3n) is 2.69. The molecule has 7 heteroatoms. The van der Waals surface area contributed by atoms with Gasteiger partial charge in [0.05, 0.1) is 18.0 Å². The second-order valence-electron chi connectivity index (χ2n) is 3.89. The second-order valence-corrected chi connectivity index (χ2v) is 6.12. The van der Waals surface area contributed by atoms with Gasteiger partial charge in [-0.15, -0.1) is 21.5 Å². The van der Waals surface area contributed by atoms with Crippen LogP contribution < -0.4 is 5.73 Å². The van der Waals surface area contributed by atoms with E-state index in [1.807, 2.05) is 6.92 Å². The van der Waals surface area contributed by atoms with Gasteiger partial charge < -0.3 is 10.3 Å². The van der Waals surface area contributed by atoms with Gasteiger partial charge in [-0.25, -0.2) is 4.98 Å². The molecule has 5 nitrogen and oxygen atoms in total. The minimum atomic E-state index is 0.427. The van der Waals surface area contributed by atoms with Crippen LogP contribution in [0.15, 0.2) is 5.16 Å². The first-order valence-corrected chi connectivity index (χ1v) is 7.63. The Balaban J connectivity index is 2.08. The minimum Gasteiger partial charge on any atom is -0.324 e. The van der Waals surface area contributed by atoms with Gasteiger partial charge in [0.25, 0.3) is 0 Å². The Kier molecular flexibility index (Phi) is 4.36. The number of rotatable bonds is 5. The summed E-state index contributed by atoms with van der Waals surface area (Å²) in [4.78, 5) is 5.81. The van der Waals surface area contributed by atoms with Crippen molar-refractivity contribution in [1.29, 1.82) is 0 Å². The van der Waals surface area contributed by atoms with Crippen LogP contribution in [0.2, 0.25) is 0 Å². The number of nitrogens with zero attached hydrogens (tertiary/aromatic N) is 4. The van der Waals surface area contributed by atoms with Gasteiger partial charge in [0.2, 0.25) is 0 Å². The summed E-state index contributed by atoms with van der Waals surface area (Å²) in [7, 11) is 0. The van der Waals surface area contributed by atoms with Gasteiger partial charge in [-0.3, -0.25) is 0 Å². The van der Waals surface area contributed by atoms with Crippen LogP contribution in [0, 0.1) is 13.8 Å². The van der Waals surface area contributed by atoms with E-state index in [1.165, 1.54) is 4.88 Å². The third kappa shape index (κ3) is 2.73. The third-order valence-corrected chi connectivity index (χ3v) is 4.92. The number of aryl methyl sites for hydroxylation is 2. The van der Waals surface area contributed by atoms with Crippen molar-refractivity contribution >= 4 is 23.1 Å². The molecule has 2 aromatic rings. The summed E-state index contributed by atoms with van der Waals surface area (Å²) in [5, 5.41) is 10.3. The molecule has 0 fully saturated rings. The van der Waals surface area contributed by atoms with Crippen molar-refractivity contribution in [2.75, 3.05) is 0 Å². The van der Waals surface area contributed by atoms with Crippen LogP contribution in [-0.2, 0) is 18.8 Å². The van der Waals surface area contributed by atoms with Crippen LogP contribution in [0.5, 0.6) is 0 Å². The maximum atomic E-state index is 5.63. The van der Waals surface area contributed by atoms with Crippen LogP contribution >= 0.6 is 23.1 Å². The molecule has 0 saturated carbocycles. The largest absolute Gasteiger partial charge is 0.324 e. The molecule has 2 N–H and O–H groups in total. The molecule has 2 heterocycles. The van der Waals surface area contributed by atoms with Crippen molar-refractivity contribution in [3.63, 3.8) is 0 Å². The molecule has 0 spiro atoms. The summed E-state index contributed by atoms with van der Waals surface area (Å²) in [6, 6.07) is 0. The number of thiazole rings is 1. The average molecular weight is 283 g/mol. The fourth-order valence-corrected chi connectivity index (χ4v) is 3.57. The van der Waals surface area contributed by atoms with E-state index >= 15 is 0 Å². The van der Waals surface area contributed by atoms with Crippen molar-refractivity contribution in [2.24, 2.45) is 5.73 Å². The van der Waals surface area contributed by atoms with E-state index < -0.39 is 0 Å². The predicted molar refractivity (Wildman–Crippen MR) is 74.7 cm³/mol. The Morgan fingerprint density at radius 3 is 2.67 bits per heavy atom. The van der Waals surface area contributed by atoms with Crippen LogP contribution in [-0.4, -0.2) is 19.7 Å². The van der Waals surface area contributed by atoms with E-state index in [9.17, 15) is 0 Å². The summed E-state index contributed by atoms with van der Waals surface area (Å²) in [6.45, 7) is 7.49. The van der Waals surface area contributed by atoms with Crippen molar-refractivity contribution in [1.82, 2.24) is 19.7 Å². The van der Waals surface area contributed by atoms with E-state index in [0.29, 0.717) is 6.54 Å². The van der Waals surface area contributed by atoms with E-state index in [1.54, 1.807) is 23.1 Å². The number of nitrogens with two attached hydrogens (primary N) is 1. The lowest BCUT2D eigenvalue weighted by Gasteiger charge is -2.04. The molecule has 0 aliphatic rings. The number of thioether (sulfide) groups is 1. The maximum absolute atomic E-state index is 5.63. The van der Waals surface area contributed by atoms with E-state index in [2.05, 4.69) is 33.6 Å². The number of hydrogen-bond acceptors (Lipinski definition) is 6. The fourth-order valence-electron chi connectivity index (χ4n) is 1.62. The summed E-state index contributed by atoms with van der Waals surface area (Å²) >= 11 is 3.41. The molecule has 18 heavy (non-hydrogen) atoms. The monoisotopic (exact) mass is 283 g/mol. The minimum absolute atomic E-state index is 0.427. The van der Waals surface area contributed by atoms with Gasteiger partial charge in [-0.2, -0.15) is 0 Å². The highest BCUT2D eigenvalue weighted by atomic mass is 32.2. The van der Waals surface area contributed by atoms with Gasteiger partial charge >= 0.3 is 0 Å². The number of hydrogen-bond donors (Lipinski definition) is 1. The summed E-state index contributed by atoms with van der Waals surface area (Å²) < 4.78 is 2.05. The zero-order chi connectivity index (χ0) is 13.1. The molecule has 2 aromatic heterocycles. The van der Waals surface area contributed by atoms with E-state index in [-0.39, 0.29) is 0 Å². The Labute approximate surface area is 115 Å². The standard InChI is InChI=1S/C11H17N5S2/c1-4-16-9(5-12)14-15-11(16)17-6-10-13-7(2)8(3)18-10/h4-6,12H2,1-3H3. The molecule has 0 radical (unpaired) electrons. The summed E-state index contributed by atoms with van der Waals surface area (Å²) in [5.41, 5.74) is 6.75. The molecule has 0 unspecified atom stereocenters. The van der Waals surface area contributed by atoms with Crippen LogP contribution in [0.25, 0.3) is 0 Å². The predicted octanol–water partition coefficient (Wildman–Crippen LogP) is 2.12. The highest BCUT2D eigenvalue weighted by Crippen LogP contribution is 2.25. The summed E-state index contributed by atoms with van der Waals surface area (Å²) in [6.07, 6.45) is 0. The fraction of sp³-hybridized carbons (Fsp3) is 0.545. The topological polar surface area (TPSA) is 69.6 Å². The van der Waals surface area contributed by atoms with Gasteiger partial charge in [0.1, 0.15) is 10.8 Å².